The minimum absolute atomic E-state index is 0.0196. The highest BCUT2D eigenvalue weighted by atomic mass is 32.1. The normalized spacial score (nSPS) is 13.8. The molecular formula is C45H28N4S. The van der Waals surface area contributed by atoms with Crippen LogP contribution in [0.3, 0.4) is 0 Å². The summed E-state index contributed by atoms with van der Waals surface area (Å²) in [4.78, 5) is 14.9. The first kappa shape index (κ1) is 21.5. The zero-order valence-corrected chi connectivity index (χ0v) is 27.1. The van der Waals surface area contributed by atoms with E-state index in [1.54, 1.807) is 17.4 Å². The molecule has 10 rings (SSSR count). The van der Waals surface area contributed by atoms with Crippen molar-refractivity contribution in [3.05, 3.63) is 170 Å². The van der Waals surface area contributed by atoms with Crippen LogP contribution in [0.25, 0.3) is 93.0 Å². The Hall–Kier alpha value is -6.43. The zero-order valence-electron chi connectivity index (χ0n) is 34.2. The molecule has 0 aliphatic carbocycles. The summed E-state index contributed by atoms with van der Waals surface area (Å²) in [6.45, 7) is 0. The van der Waals surface area contributed by atoms with Gasteiger partial charge in [-0.3, -0.25) is 0 Å². The van der Waals surface area contributed by atoms with E-state index < -0.39 is 0 Å². The average molecular weight is 665 g/mol. The molecule has 10 aromatic rings. The van der Waals surface area contributed by atoms with Crippen LogP contribution in [-0.4, -0.2) is 19.5 Å². The maximum absolute atomic E-state index is 10.2. The summed E-state index contributed by atoms with van der Waals surface area (Å²) in [6, 6.07) is 35.3. The van der Waals surface area contributed by atoms with Crippen LogP contribution in [0, 0.1) is 0 Å². The molecular weight excluding hydrogens is 629 g/mol. The lowest BCUT2D eigenvalue weighted by Crippen LogP contribution is -2.04. The quantitative estimate of drug-likeness (QED) is 0.184. The second kappa shape index (κ2) is 11.6. The van der Waals surface area contributed by atoms with Crippen molar-refractivity contribution in [3.63, 3.8) is 0 Å². The van der Waals surface area contributed by atoms with E-state index in [2.05, 4.69) is 6.07 Å². The summed E-state index contributed by atoms with van der Waals surface area (Å²) in [5.41, 5.74) is 2.93. The highest BCUT2D eigenvalue weighted by Crippen LogP contribution is 2.42. The summed E-state index contributed by atoms with van der Waals surface area (Å²) in [5.74, 6) is 0.765. The molecule has 50 heavy (non-hydrogen) atoms. The number of para-hydroxylation sites is 2. The standard InChI is InChI=1S/C45H28N4S/c1-3-14-29(15-4-1)43-46-44(30-16-5-2-6-17-30)48-45(47-43)37-28-31(32-21-13-22-36-35-20-9-12-25-41(35)50-42(32)36)26-27-40(37)49-38-23-10-7-18-33(38)34-19-8-11-24-39(34)49/h1-28H/i7D,8D,18D,19D,23D,24D,26D,28D. The lowest BCUT2D eigenvalue weighted by atomic mass is 9.99. The number of thiophene rings is 1. The number of nitrogens with zero attached hydrogens (tertiary/aromatic N) is 4. The van der Waals surface area contributed by atoms with Crippen molar-refractivity contribution >= 4 is 53.3 Å². The number of rotatable bonds is 5. The third-order valence-electron chi connectivity index (χ3n) is 8.82. The maximum atomic E-state index is 10.2. The second-order valence-corrected chi connectivity index (χ2v) is 12.8. The second-order valence-electron chi connectivity index (χ2n) is 11.8. The van der Waals surface area contributed by atoms with Crippen LogP contribution in [0.5, 0.6) is 0 Å². The Morgan fingerprint density at radius 2 is 1.06 bits per heavy atom. The largest absolute Gasteiger partial charge is 0.309 e. The van der Waals surface area contributed by atoms with Gasteiger partial charge in [0.05, 0.1) is 27.7 Å². The first-order valence-corrected chi connectivity index (χ1v) is 16.9. The van der Waals surface area contributed by atoms with Gasteiger partial charge in [0.1, 0.15) is 0 Å². The molecule has 0 saturated carbocycles. The van der Waals surface area contributed by atoms with Crippen molar-refractivity contribution in [2.24, 2.45) is 0 Å². The first-order chi connectivity index (χ1) is 28.1. The Bertz CT molecular complexity index is 3200. The minimum Gasteiger partial charge on any atom is -0.309 e. The van der Waals surface area contributed by atoms with E-state index in [0.29, 0.717) is 33.9 Å². The summed E-state index contributed by atoms with van der Waals surface area (Å²) in [6.07, 6.45) is 0. The third kappa shape index (κ3) is 4.63. The SMILES string of the molecule is [2H]c1cc(-n2c3c([2H])cc([2H])c([2H])c3c3c([2H])c([2H])cc([2H])c32)c(-c2nc(-c3ccccc3)nc(-c3ccccc3)n2)c([2H])c1-c1cccc2c1sc1ccccc12. The van der Waals surface area contributed by atoms with Crippen LogP contribution in [-0.2, 0) is 0 Å². The molecule has 5 heteroatoms. The van der Waals surface area contributed by atoms with Crippen LogP contribution in [0.15, 0.2) is 170 Å². The van der Waals surface area contributed by atoms with Crippen molar-refractivity contribution in [2.45, 2.75) is 0 Å². The molecule has 0 aliphatic heterocycles. The number of hydrogen-bond donors (Lipinski definition) is 0. The van der Waals surface area contributed by atoms with Gasteiger partial charge in [0.2, 0.25) is 0 Å². The van der Waals surface area contributed by atoms with Gasteiger partial charge in [0.25, 0.3) is 0 Å². The number of hydrogen-bond acceptors (Lipinski definition) is 4. The third-order valence-corrected chi connectivity index (χ3v) is 10.0. The highest BCUT2D eigenvalue weighted by molar-refractivity contribution is 7.26. The molecule has 0 spiro atoms. The van der Waals surface area contributed by atoms with E-state index in [-0.39, 0.29) is 87.2 Å². The fourth-order valence-electron chi connectivity index (χ4n) is 6.55. The van der Waals surface area contributed by atoms with Gasteiger partial charge in [-0.1, -0.05) is 139 Å². The Labute approximate surface area is 303 Å². The molecule has 7 aromatic carbocycles. The molecule has 3 heterocycles. The molecule has 0 saturated heterocycles. The number of benzene rings is 7. The van der Waals surface area contributed by atoms with Crippen LogP contribution in [0.2, 0.25) is 0 Å². The highest BCUT2D eigenvalue weighted by Gasteiger charge is 2.21. The average Bonchev–Trinajstić information content (AvgIpc) is 3.81. The van der Waals surface area contributed by atoms with Gasteiger partial charge < -0.3 is 4.57 Å². The smallest absolute Gasteiger partial charge is 0.166 e. The van der Waals surface area contributed by atoms with E-state index in [1.807, 2.05) is 97.1 Å². The molecule has 0 unspecified atom stereocenters. The minimum atomic E-state index is -0.266. The fraction of sp³-hybridized carbons (Fsp3) is 0. The summed E-state index contributed by atoms with van der Waals surface area (Å²) in [5, 5.41) is 2.18. The van der Waals surface area contributed by atoms with E-state index in [1.165, 1.54) is 16.7 Å². The topological polar surface area (TPSA) is 43.6 Å². The molecule has 4 nitrogen and oxygen atoms in total. The van der Waals surface area contributed by atoms with Gasteiger partial charge in [-0.2, -0.15) is 0 Å². The van der Waals surface area contributed by atoms with Crippen molar-refractivity contribution in [2.75, 3.05) is 0 Å². The summed E-state index contributed by atoms with van der Waals surface area (Å²) in [7, 11) is 0. The molecule has 234 valence electrons. The molecule has 0 amide bonds. The lowest BCUT2D eigenvalue weighted by Gasteiger charge is -2.16. The van der Waals surface area contributed by atoms with Crippen molar-refractivity contribution < 1.29 is 11.0 Å². The molecule has 0 radical (unpaired) electrons. The Morgan fingerprint density at radius 1 is 0.460 bits per heavy atom. The number of aromatic nitrogens is 4. The van der Waals surface area contributed by atoms with Crippen LogP contribution in [0.1, 0.15) is 11.0 Å². The van der Waals surface area contributed by atoms with Gasteiger partial charge >= 0.3 is 0 Å². The monoisotopic (exact) mass is 664 g/mol. The van der Waals surface area contributed by atoms with Crippen molar-refractivity contribution in [1.82, 2.24) is 19.5 Å². The molecule has 0 fully saturated rings. The maximum Gasteiger partial charge on any atom is 0.166 e. The van der Waals surface area contributed by atoms with E-state index in [9.17, 15) is 5.48 Å². The Balaban J connectivity index is 1.40. The van der Waals surface area contributed by atoms with Gasteiger partial charge in [-0.15, -0.1) is 11.3 Å². The van der Waals surface area contributed by atoms with E-state index in [0.717, 1.165) is 20.2 Å². The summed E-state index contributed by atoms with van der Waals surface area (Å²) < 4.78 is 76.8. The zero-order chi connectivity index (χ0) is 40.0. The molecule has 0 bridgehead atoms. The van der Waals surface area contributed by atoms with Gasteiger partial charge in [-0.25, -0.2) is 15.0 Å². The van der Waals surface area contributed by atoms with E-state index >= 15 is 0 Å². The van der Waals surface area contributed by atoms with E-state index in [4.69, 9.17) is 20.4 Å². The molecule has 3 aromatic heterocycles. The summed E-state index contributed by atoms with van der Waals surface area (Å²) >= 11 is 1.58. The van der Waals surface area contributed by atoms with Crippen LogP contribution >= 0.6 is 11.3 Å². The predicted octanol–water partition coefficient (Wildman–Crippen LogP) is 12.0. The Morgan fingerprint density at radius 3 is 1.74 bits per heavy atom. The van der Waals surface area contributed by atoms with Crippen molar-refractivity contribution in [1.29, 1.82) is 0 Å². The molecule has 0 N–H and O–H groups in total. The van der Waals surface area contributed by atoms with Gasteiger partial charge in [0, 0.05) is 47.6 Å². The van der Waals surface area contributed by atoms with Gasteiger partial charge in [-0.05, 0) is 41.4 Å². The molecule has 0 atom stereocenters. The van der Waals surface area contributed by atoms with Crippen LogP contribution < -0.4 is 0 Å². The van der Waals surface area contributed by atoms with Crippen LogP contribution in [0.4, 0.5) is 0 Å². The fourth-order valence-corrected chi connectivity index (χ4v) is 7.77. The number of fused-ring (bicyclic) bond motifs is 6. The molecule has 0 aliphatic rings. The van der Waals surface area contributed by atoms with Crippen molar-refractivity contribution in [3.8, 4) is 51.0 Å². The first-order valence-electron chi connectivity index (χ1n) is 20.0. The predicted molar refractivity (Wildman–Crippen MR) is 209 cm³/mol. The lowest BCUT2D eigenvalue weighted by molar-refractivity contribution is 1.06. The Kier molecular flexibility index (Phi) is 5.00. The van der Waals surface area contributed by atoms with Gasteiger partial charge in [0.15, 0.2) is 17.5 Å².